The average Bonchev–Trinajstić information content (AvgIpc) is 2.38. The highest BCUT2D eigenvalue weighted by Gasteiger charge is 2.35. The van der Waals surface area contributed by atoms with E-state index in [1.165, 1.54) is 19.3 Å². The third kappa shape index (κ3) is 2.62. The minimum atomic E-state index is -4.65. The van der Waals surface area contributed by atoms with Gasteiger partial charge in [0.05, 0.1) is 22.0 Å². The number of aromatic nitrogens is 2. The second-order valence-corrected chi connectivity index (χ2v) is 4.28. The maximum atomic E-state index is 13.1. The molecule has 0 saturated carbocycles. The Morgan fingerprint density at radius 2 is 2.05 bits per heavy atom. The third-order valence-corrected chi connectivity index (χ3v) is 2.92. The maximum absolute atomic E-state index is 13.1. The lowest BCUT2D eigenvalue weighted by Gasteiger charge is -2.16. The first-order valence-electron chi connectivity index (χ1n) is 5.48. The van der Waals surface area contributed by atoms with Gasteiger partial charge in [-0.25, -0.2) is 0 Å². The molecule has 4 nitrogen and oxygen atoms in total. The Balaban J connectivity index is 2.80. The molecule has 2 rings (SSSR count). The predicted octanol–water partition coefficient (Wildman–Crippen LogP) is 2.95. The number of halogens is 4. The lowest BCUT2D eigenvalue weighted by atomic mass is 10.1. The summed E-state index contributed by atoms with van der Waals surface area (Å²) < 4.78 is 39.9. The van der Waals surface area contributed by atoms with Gasteiger partial charge >= 0.3 is 6.18 Å². The molecule has 0 saturated heterocycles. The summed E-state index contributed by atoms with van der Waals surface area (Å²) in [5.74, 6) is 0. The van der Waals surface area contributed by atoms with Crippen molar-refractivity contribution in [1.82, 2.24) is 9.78 Å². The van der Waals surface area contributed by atoms with Crippen molar-refractivity contribution in [2.75, 3.05) is 12.4 Å². The molecule has 8 heteroatoms. The van der Waals surface area contributed by atoms with Crippen LogP contribution in [0.4, 0.5) is 18.9 Å². The van der Waals surface area contributed by atoms with E-state index in [1.54, 1.807) is 0 Å². The van der Waals surface area contributed by atoms with Crippen LogP contribution in [0.25, 0.3) is 5.69 Å². The molecule has 0 aliphatic carbocycles. The van der Waals surface area contributed by atoms with E-state index in [1.807, 2.05) is 0 Å². The molecule has 106 valence electrons. The van der Waals surface area contributed by atoms with E-state index in [9.17, 15) is 18.0 Å². The van der Waals surface area contributed by atoms with Crippen LogP contribution in [0.1, 0.15) is 5.56 Å². The largest absolute Gasteiger partial charge is 0.418 e. The first-order valence-corrected chi connectivity index (χ1v) is 5.85. The summed E-state index contributed by atoms with van der Waals surface area (Å²) in [6, 6.07) is 4.38. The predicted molar refractivity (Wildman–Crippen MR) is 69.4 cm³/mol. The normalized spacial score (nSPS) is 11.4. The van der Waals surface area contributed by atoms with Crippen molar-refractivity contribution in [3.8, 4) is 5.69 Å². The van der Waals surface area contributed by atoms with Crippen molar-refractivity contribution in [2.45, 2.75) is 6.18 Å². The van der Waals surface area contributed by atoms with Crippen LogP contribution in [0, 0.1) is 0 Å². The highest BCUT2D eigenvalue weighted by molar-refractivity contribution is 6.33. The van der Waals surface area contributed by atoms with E-state index >= 15 is 0 Å². The van der Waals surface area contributed by atoms with Crippen molar-refractivity contribution >= 4 is 17.3 Å². The van der Waals surface area contributed by atoms with Gasteiger partial charge in [0.15, 0.2) is 0 Å². The quantitative estimate of drug-likeness (QED) is 0.928. The molecule has 0 atom stereocenters. The highest BCUT2D eigenvalue weighted by Crippen LogP contribution is 2.37. The Kier molecular flexibility index (Phi) is 3.71. The summed E-state index contributed by atoms with van der Waals surface area (Å²) in [4.78, 5) is 11.7. The monoisotopic (exact) mass is 303 g/mol. The fourth-order valence-corrected chi connectivity index (χ4v) is 1.95. The van der Waals surface area contributed by atoms with Gasteiger partial charge in [0.2, 0.25) is 0 Å². The third-order valence-electron chi connectivity index (χ3n) is 2.60. The van der Waals surface area contributed by atoms with Crippen molar-refractivity contribution in [3.63, 3.8) is 0 Å². The van der Waals surface area contributed by atoms with Gasteiger partial charge in [0.1, 0.15) is 0 Å². The van der Waals surface area contributed by atoms with Gasteiger partial charge in [-0.15, -0.1) is 0 Å². The number of nitrogens with one attached hydrogen (secondary N) is 1. The zero-order valence-electron chi connectivity index (χ0n) is 10.2. The minimum Gasteiger partial charge on any atom is -0.387 e. The number of hydrogen-bond acceptors (Lipinski definition) is 3. The van der Waals surface area contributed by atoms with Crippen LogP contribution in [0.3, 0.4) is 0 Å². The van der Waals surface area contributed by atoms with Gasteiger partial charge in [-0.05, 0) is 18.2 Å². The van der Waals surface area contributed by atoms with Crippen LogP contribution in [-0.2, 0) is 6.18 Å². The topological polar surface area (TPSA) is 46.9 Å². The van der Waals surface area contributed by atoms with Gasteiger partial charge in [-0.2, -0.15) is 23.0 Å². The van der Waals surface area contributed by atoms with Gasteiger partial charge in [-0.3, -0.25) is 4.79 Å². The number of anilines is 1. The number of nitrogens with zero attached hydrogens (tertiary/aromatic N) is 2. The molecule has 2 aromatic rings. The Bertz CT molecular complexity index is 697. The summed E-state index contributed by atoms with van der Waals surface area (Å²) in [7, 11) is 1.51. The molecule has 0 unspecified atom stereocenters. The van der Waals surface area contributed by atoms with E-state index in [0.717, 1.165) is 18.2 Å². The molecular weight excluding hydrogens is 295 g/mol. The van der Waals surface area contributed by atoms with Crippen LogP contribution in [0.2, 0.25) is 5.02 Å². The summed E-state index contributed by atoms with van der Waals surface area (Å²) in [6.07, 6.45) is -3.42. The summed E-state index contributed by atoms with van der Waals surface area (Å²) in [5.41, 5.74) is -1.80. The van der Waals surface area contributed by atoms with E-state index in [0.29, 0.717) is 4.68 Å². The first kappa shape index (κ1) is 14.4. The summed E-state index contributed by atoms with van der Waals surface area (Å²) in [5, 5.41) is 6.23. The van der Waals surface area contributed by atoms with E-state index in [-0.39, 0.29) is 16.4 Å². The Morgan fingerprint density at radius 1 is 1.35 bits per heavy atom. The van der Waals surface area contributed by atoms with Gasteiger partial charge in [-0.1, -0.05) is 11.6 Å². The zero-order valence-corrected chi connectivity index (χ0v) is 11.0. The lowest BCUT2D eigenvalue weighted by Crippen LogP contribution is -2.23. The van der Waals surface area contributed by atoms with Gasteiger partial charge < -0.3 is 5.32 Å². The van der Waals surface area contributed by atoms with Gasteiger partial charge in [0, 0.05) is 19.3 Å². The standard InChI is InChI=1S/C12H9ClF3N3O/c1-17-9-6-10(19-11(20)3-2-4-18-19)7(5-8(9)13)12(14,15)16/h2-6,17H,1H3. The van der Waals surface area contributed by atoms with Crippen molar-refractivity contribution in [3.05, 3.63) is 51.4 Å². The molecule has 0 aliphatic heterocycles. The van der Waals surface area contributed by atoms with Crippen LogP contribution >= 0.6 is 11.6 Å². The number of alkyl halides is 3. The minimum absolute atomic E-state index is 0.0902. The van der Waals surface area contributed by atoms with Crippen LogP contribution < -0.4 is 10.9 Å². The molecule has 0 aliphatic rings. The molecule has 0 fully saturated rings. The fourth-order valence-electron chi connectivity index (χ4n) is 1.69. The number of rotatable bonds is 2. The van der Waals surface area contributed by atoms with E-state index in [4.69, 9.17) is 11.6 Å². The number of hydrogen-bond donors (Lipinski definition) is 1. The molecule has 1 aromatic carbocycles. The maximum Gasteiger partial charge on any atom is 0.418 e. The number of benzene rings is 1. The Labute approximate surface area is 116 Å². The molecule has 1 N–H and O–H groups in total. The smallest absolute Gasteiger partial charge is 0.387 e. The first-order chi connectivity index (χ1) is 9.34. The van der Waals surface area contributed by atoms with Crippen LogP contribution in [-0.4, -0.2) is 16.8 Å². The molecule has 0 radical (unpaired) electrons. The van der Waals surface area contributed by atoms with Gasteiger partial charge in [0.25, 0.3) is 5.56 Å². The molecule has 20 heavy (non-hydrogen) atoms. The second-order valence-electron chi connectivity index (χ2n) is 3.87. The van der Waals surface area contributed by atoms with Crippen molar-refractivity contribution in [2.24, 2.45) is 0 Å². The second kappa shape index (κ2) is 5.16. The molecule has 1 heterocycles. The molecule has 0 bridgehead atoms. The van der Waals surface area contributed by atoms with E-state index in [2.05, 4.69) is 10.4 Å². The molecule has 0 amide bonds. The SMILES string of the molecule is CNc1cc(-n2ncccc2=O)c(C(F)(F)F)cc1Cl. The summed E-state index contributed by atoms with van der Waals surface area (Å²) in [6.45, 7) is 0. The highest BCUT2D eigenvalue weighted by atomic mass is 35.5. The Hall–Kier alpha value is -2.02. The molecule has 0 spiro atoms. The fraction of sp³-hybridized carbons (Fsp3) is 0.167. The molecular formula is C12H9ClF3N3O. The average molecular weight is 304 g/mol. The zero-order chi connectivity index (χ0) is 14.9. The van der Waals surface area contributed by atoms with E-state index < -0.39 is 17.3 Å². The lowest BCUT2D eigenvalue weighted by molar-refractivity contribution is -0.137. The van der Waals surface area contributed by atoms with Crippen molar-refractivity contribution < 1.29 is 13.2 Å². The van der Waals surface area contributed by atoms with Crippen LogP contribution in [0.5, 0.6) is 0 Å². The van der Waals surface area contributed by atoms with Crippen molar-refractivity contribution in [1.29, 1.82) is 0 Å². The van der Waals surface area contributed by atoms with Crippen LogP contribution in [0.15, 0.2) is 35.3 Å². The Morgan fingerprint density at radius 3 is 2.60 bits per heavy atom. The molecule has 1 aromatic heterocycles. The summed E-state index contributed by atoms with van der Waals surface area (Å²) >= 11 is 5.76.